The minimum atomic E-state index is -0.137. The SMILES string of the molecule is COc1ccc(NC(=O)CNc2ccc(Cl)cc2Br)cc1. The molecule has 0 bridgehead atoms. The number of halogens is 2. The molecule has 0 aromatic heterocycles. The van der Waals surface area contributed by atoms with Crippen molar-refractivity contribution in [3.63, 3.8) is 0 Å². The van der Waals surface area contributed by atoms with E-state index in [1.807, 2.05) is 6.07 Å². The van der Waals surface area contributed by atoms with E-state index in [9.17, 15) is 4.79 Å². The lowest BCUT2D eigenvalue weighted by Crippen LogP contribution is -2.21. The molecule has 2 N–H and O–H groups in total. The Hall–Kier alpha value is -1.72. The monoisotopic (exact) mass is 368 g/mol. The summed E-state index contributed by atoms with van der Waals surface area (Å²) in [5.41, 5.74) is 1.53. The van der Waals surface area contributed by atoms with Crippen molar-refractivity contribution in [2.24, 2.45) is 0 Å². The summed E-state index contributed by atoms with van der Waals surface area (Å²) in [5, 5.41) is 6.47. The first-order chi connectivity index (χ1) is 10.1. The third kappa shape index (κ3) is 4.65. The van der Waals surface area contributed by atoms with Gasteiger partial charge in [-0.2, -0.15) is 0 Å². The van der Waals surface area contributed by atoms with Crippen LogP contribution in [0.3, 0.4) is 0 Å². The van der Waals surface area contributed by atoms with E-state index in [2.05, 4.69) is 26.6 Å². The van der Waals surface area contributed by atoms with Crippen LogP contribution in [-0.2, 0) is 4.79 Å². The third-order valence-corrected chi connectivity index (χ3v) is 3.64. The molecule has 0 saturated carbocycles. The van der Waals surface area contributed by atoms with Crippen molar-refractivity contribution < 1.29 is 9.53 Å². The van der Waals surface area contributed by atoms with E-state index in [0.717, 1.165) is 21.6 Å². The van der Waals surface area contributed by atoms with Gasteiger partial charge in [-0.1, -0.05) is 11.6 Å². The average molecular weight is 370 g/mol. The van der Waals surface area contributed by atoms with Crippen molar-refractivity contribution in [2.45, 2.75) is 0 Å². The van der Waals surface area contributed by atoms with E-state index in [-0.39, 0.29) is 12.5 Å². The topological polar surface area (TPSA) is 50.4 Å². The molecule has 0 unspecified atom stereocenters. The van der Waals surface area contributed by atoms with E-state index < -0.39 is 0 Å². The molecule has 6 heteroatoms. The van der Waals surface area contributed by atoms with Crippen molar-refractivity contribution in [1.29, 1.82) is 0 Å². The van der Waals surface area contributed by atoms with Crippen LogP contribution in [0, 0.1) is 0 Å². The van der Waals surface area contributed by atoms with E-state index in [1.54, 1.807) is 43.5 Å². The van der Waals surface area contributed by atoms with Gasteiger partial charge in [-0.25, -0.2) is 0 Å². The molecule has 0 heterocycles. The van der Waals surface area contributed by atoms with Gasteiger partial charge in [0.1, 0.15) is 5.75 Å². The molecule has 2 aromatic rings. The van der Waals surface area contributed by atoms with Crippen LogP contribution in [-0.4, -0.2) is 19.6 Å². The van der Waals surface area contributed by atoms with E-state index >= 15 is 0 Å². The minimum Gasteiger partial charge on any atom is -0.497 e. The first-order valence-corrected chi connectivity index (χ1v) is 7.38. The third-order valence-electron chi connectivity index (χ3n) is 2.74. The molecule has 2 rings (SSSR count). The fourth-order valence-corrected chi connectivity index (χ4v) is 2.51. The molecule has 1 amide bonds. The van der Waals surface area contributed by atoms with Gasteiger partial charge >= 0.3 is 0 Å². The lowest BCUT2D eigenvalue weighted by Gasteiger charge is -2.10. The van der Waals surface area contributed by atoms with E-state index in [0.29, 0.717) is 5.02 Å². The standard InChI is InChI=1S/C15H14BrClN2O2/c1-21-12-5-3-11(4-6-12)19-15(20)9-18-14-7-2-10(17)8-13(14)16/h2-8,18H,9H2,1H3,(H,19,20). The lowest BCUT2D eigenvalue weighted by atomic mass is 10.3. The number of nitrogens with one attached hydrogen (secondary N) is 2. The maximum absolute atomic E-state index is 11.9. The van der Waals surface area contributed by atoms with Gasteiger partial charge in [0.15, 0.2) is 0 Å². The molecule has 0 aliphatic heterocycles. The van der Waals surface area contributed by atoms with Gasteiger partial charge in [-0.15, -0.1) is 0 Å². The van der Waals surface area contributed by atoms with Crippen LogP contribution < -0.4 is 15.4 Å². The molecule has 0 saturated heterocycles. The lowest BCUT2D eigenvalue weighted by molar-refractivity contribution is -0.114. The molecule has 0 radical (unpaired) electrons. The summed E-state index contributed by atoms with van der Waals surface area (Å²) < 4.78 is 5.87. The van der Waals surface area contributed by atoms with Crippen LogP contribution in [0.1, 0.15) is 0 Å². The Labute approximate surface area is 136 Å². The van der Waals surface area contributed by atoms with Crippen LogP contribution in [0.5, 0.6) is 5.75 Å². The number of anilines is 2. The molecule has 0 aliphatic rings. The highest BCUT2D eigenvalue weighted by Gasteiger charge is 2.05. The Balaban J connectivity index is 1.89. The Morgan fingerprint density at radius 2 is 1.95 bits per heavy atom. The second kappa shape index (κ2) is 7.33. The highest BCUT2D eigenvalue weighted by atomic mass is 79.9. The summed E-state index contributed by atoms with van der Waals surface area (Å²) in [6.07, 6.45) is 0. The molecule has 21 heavy (non-hydrogen) atoms. The normalized spacial score (nSPS) is 10.0. The molecule has 0 atom stereocenters. The number of carbonyl (C=O) groups excluding carboxylic acids is 1. The van der Waals surface area contributed by atoms with Gasteiger partial charge in [0, 0.05) is 20.9 Å². The summed E-state index contributed by atoms with van der Waals surface area (Å²) in [5.74, 6) is 0.609. The quantitative estimate of drug-likeness (QED) is 0.832. The maximum Gasteiger partial charge on any atom is 0.243 e. The van der Waals surface area contributed by atoms with Crippen molar-refractivity contribution in [3.05, 3.63) is 52.0 Å². The average Bonchev–Trinajstić information content (AvgIpc) is 2.47. The number of rotatable bonds is 5. The summed E-state index contributed by atoms with van der Waals surface area (Å²) in [4.78, 5) is 11.9. The van der Waals surface area contributed by atoms with Gasteiger partial charge in [0.05, 0.1) is 13.7 Å². The maximum atomic E-state index is 11.9. The fraction of sp³-hybridized carbons (Fsp3) is 0.133. The van der Waals surface area contributed by atoms with Gasteiger partial charge in [-0.05, 0) is 58.4 Å². The zero-order chi connectivity index (χ0) is 15.2. The molecule has 0 fully saturated rings. The first kappa shape index (κ1) is 15.7. The second-order valence-electron chi connectivity index (χ2n) is 4.25. The molecular formula is C15H14BrClN2O2. The zero-order valence-electron chi connectivity index (χ0n) is 11.3. The van der Waals surface area contributed by atoms with Crippen LogP contribution >= 0.6 is 27.5 Å². The van der Waals surface area contributed by atoms with Gasteiger partial charge in [0.25, 0.3) is 0 Å². The second-order valence-corrected chi connectivity index (χ2v) is 5.55. The molecule has 0 aliphatic carbocycles. The van der Waals surface area contributed by atoms with Gasteiger partial charge < -0.3 is 15.4 Å². The van der Waals surface area contributed by atoms with Crippen molar-refractivity contribution in [1.82, 2.24) is 0 Å². The Bertz CT molecular complexity index is 632. The first-order valence-electron chi connectivity index (χ1n) is 6.21. The summed E-state index contributed by atoms with van der Waals surface area (Å²) in [6, 6.07) is 12.5. The zero-order valence-corrected chi connectivity index (χ0v) is 13.7. The number of benzene rings is 2. The number of hydrogen-bond donors (Lipinski definition) is 2. The number of hydrogen-bond acceptors (Lipinski definition) is 3. The Morgan fingerprint density at radius 3 is 2.57 bits per heavy atom. The molecular weight excluding hydrogens is 356 g/mol. The van der Waals surface area contributed by atoms with E-state index in [1.165, 1.54) is 0 Å². The predicted molar refractivity (Wildman–Crippen MR) is 89.3 cm³/mol. The minimum absolute atomic E-state index is 0.137. The largest absolute Gasteiger partial charge is 0.497 e. The molecule has 110 valence electrons. The predicted octanol–water partition coefficient (Wildman–Crippen LogP) is 4.16. The summed E-state index contributed by atoms with van der Waals surface area (Å²) >= 11 is 9.25. The van der Waals surface area contributed by atoms with Crippen LogP contribution in [0.25, 0.3) is 0 Å². The highest BCUT2D eigenvalue weighted by molar-refractivity contribution is 9.10. The molecule has 0 spiro atoms. The smallest absolute Gasteiger partial charge is 0.243 e. The summed E-state index contributed by atoms with van der Waals surface area (Å²) in [7, 11) is 1.60. The summed E-state index contributed by atoms with van der Waals surface area (Å²) in [6.45, 7) is 0.159. The number of carbonyl (C=O) groups is 1. The number of ether oxygens (including phenoxy) is 1. The van der Waals surface area contributed by atoms with Crippen molar-refractivity contribution in [3.8, 4) is 5.75 Å². The van der Waals surface area contributed by atoms with Crippen LogP contribution in [0.2, 0.25) is 5.02 Å². The molecule has 2 aromatic carbocycles. The number of methoxy groups -OCH3 is 1. The van der Waals surface area contributed by atoms with Crippen LogP contribution in [0.4, 0.5) is 11.4 Å². The van der Waals surface area contributed by atoms with Crippen molar-refractivity contribution in [2.75, 3.05) is 24.3 Å². The van der Waals surface area contributed by atoms with Gasteiger partial charge in [0.2, 0.25) is 5.91 Å². The van der Waals surface area contributed by atoms with Crippen molar-refractivity contribution >= 4 is 44.8 Å². The Morgan fingerprint density at radius 1 is 1.24 bits per heavy atom. The Kier molecular flexibility index (Phi) is 5.47. The van der Waals surface area contributed by atoms with Crippen LogP contribution in [0.15, 0.2) is 46.9 Å². The van der Waals surface area contributed by atoms with Gasteiger partial charge in [-0.3, -0.25) is 4.79 Å². The molecule has 4 nitrogen and oxygen atoms in total. The van der Waals surface area contributed by atoms with E-state index in [4.69, 9.17) is 16.3 Å². The number of amides is 1. The highest BCUT2D eigenvalue weighted by Crippen LogP contribution is 2.25. The fourth-order valence-electron chi connectivity index (χ4n) is 1.69.